The molecule has 12 heteroatoms. The maximum Gasteiger partial charge on any atom is 0.417 e. The first-order valence-corrected chi connectivity index (χ1v) is 13.1. The van der Waals surface area contributed by atoms with Gasteiger partial charge in [0, 0.05) is 19.0 Å². The third-order valence-corrected chi connectivity index (χ3v) is 11.2. The third-order valence-electron chi connectivity index (χ3n) is 7.16. The van der Waals surface area contributed by atoms with E-state index in [1.54, 1.807) is 0 Å². The topological polar surface area (TPSA) is 107 Å². The van der Waals surface area contributed by atoms with Crippen molar-refractivity contribution >= 4 is 25.7 Å². The number of nitrogens with one attached hydrogen (secondary N) is 1. The van der Waals surface area contributed by atoms with E-state index >= 15 is 0 Å². The molecule has 0 amide bonds. The lowest BCUT2D eigenvalue weighted by Crippen LogP contribution is -2.55. The van der Waals surface area contributed by atoms with Crippen LogP contribution < -0.4 is 9.03 Å². The number of nitriles is 1. The Bertz CT molecular complexity index is 1160. The van der Waals surface area contributed by atoms with Crippen LogP contribution in [-0.4, -0.2) is 40.4 Å². The average Bonchev–Trinajstić information content (AvgIpc) is 3.36. The fraction of sp³-hybridized carbons (Fsp3) is 0.632. The normalized spacial score (nSPS) is 31.6. The predicted molar refractivity (Wildman–Crippen MR) is 107 cm³/mol. The van der Waals surface area contributed by atoms with Gasteiger partial charge in [0.25, 0.3) is 0 Å². The van der Waals surface area contributed by atoms with E-state index in [2.05, 4.69) is 4.72 Å². The van der Waals surface area contributed by atoms with Gasteiger partial charge in [0.15, 0.2) is 0 Å². The molecule has 0 radical (unpaired) electrons. The van der Waals surface area contributed by atoms with Crippen molar-refractivity contribution in [3.63, 3.8) is 0 Å². The van der Waals surface area contributed by atoms with Crippen molar-refractivity contribution < 1.29 is 30.0 Å². The van der Waals surface area contributed by atoms with Gasteiger partial charge < -0.3 is 0 Å². The molecule has 31 heavy (non-hydrogen) atoms. The zero-order valence-corrected chi connectivity index (χ0v) is 18.3. The molecule has 1 heterocycles. The molecular weight excluding hydrogens is 455 g/mol. The van der Waals surface area contributed by atoms with E-state index in [-0.39, 0.29) is 42.3 Å². The Hall–Kier alpha value is -1.84. The van der Waals surface area contributed by atoms with Crippen LogP contribution in [0.3, 0.4) is 0 Å². The Balaban J connectivity index is 1.79. The molecule has 1 aliphatic heterocycles. The highest BCUT2D eigenvalue weighted by molar-refractivity contribution is 7.94. The minimum atomic E-state index is -4.81. The summed E-state index contributed by atoms with van der Waals surface area (Å²) in [6.45, 7) is 1.17. The maximum atomic E-state index is 13.8. The zero-order valence-electron chi connectivity index (χ0n) is 16.7. The van der Waals surface area contributed by atoms with Gasteiger partial charge in [-0.25, -0.2) is 21.6 Å². The van der Waals surface area contributed by atoms with Gasteiger partial charge in [0.05, 0.1) is 28.6 Å². The van der Waals surface area contributed by atoms with E-state index < -0.39 is 42.1 Å². The van der Waals surface area contributed by atoms with Gasteiger partial charge in [-0.15, -0.1) is 0 Å². The van der Waals surface area contributed by atoms with Gasteiger partial charge in [-0.2, -0.15) is 18.4 Å². The molecule has 3 fully saturated rings. The first kappa shape index (κ1) is 22.4. The Kier molecular flexibility index (Phi) is 5.11. The summed E-state index contributed by atoms with van der Waals surface area (Å²) in [6, 6.07) is 4.37. The molecule has 0 spiro atoms. The molecule has 3 aliphatic rings. The predicted octanol–water partition coefficient (Wildman–Crippen LogP) is 2.45. The molecular formula is C19H22F3N3O4S2. The molecule has 2 aliphatic carbocycles. The van der Waals surface area contributed by atoms with Gasteiger partial charge >= 0.3 is 6.18 Å². The molecule has 4 rings (SSSR count). The lowest BCUT2D eigenvalue weighted by atomic mass is 9.78. The van der Waals surface area contributed by atoms with Crippen LogP contribution in [0.25, 0.3) is 0 Å². The number of halogens is 3. The van der Waals surface area contributed by atoms with E-state index in [1.807, 2.05) is 0 Å². The van der Waals surface area contributed by atoms with Crippen molar-refractivity contribution in [2.24, 2.45) is 17.8 Å². The molecule has 2 saturated carbocycles. The smallest absolute Gasteiger partial charge is 0.269 e. The molecule has 2 bridgehead atoms. The van der Waals surface area contributed by atoms with Gasteiger partial charge in [-0.3, -0.25) is 4.31 Å². The van der Waals surface area contributed by atoms with Crippen molar-refractivity contribution in [2.75, 3.05) is 23.1 Å². The van der Waals surface area contributed by atoms with Crippen LogP contribution in [-0.2, 0) is 26.2 Å². The number of hydrogen-bond donors (Lipinski definition) is 1. The standard InChI is InChI=1S/C19H22F3N3O4S2/c1-2-30(26,27)24-11-18-14-5-3-12(7-14)17(18)10-25(31(18,28)29)15-6-4-13(9-23)16(8-15)19(20,21)22/h4,6,8,12,14,17,24H,2-3,5,7,10-11H2,1H3/t12-,14+,17-,18+/m0/s1. The summed E-state index contributed by atoms with van der Waals surface area (Å²) in [6.07, 6.45) is -2.67. The summed E-state index contributed by atoms with van der Waals surface area (Å²) in [7, 11) is -7.82. The van der Waals surface area contributed by atoms with Crippen molar-refractivity contribution in [2.45, 2.75) is 37.1 Å². The van der Waals surface area contributed by atoms with Crippen molar-refractivity contribution in [3.8, 4) is 6.07 Å². The van der Waals surface area contributed by atoms with Crippen molar-refractivity contribution in [3.05, 3.63) is 29.3 Å². The van der Waals surface area contributed by atoms with E-state index in [9.17, 15) is 30.0 Å². The molecule has 0 unspecified atom stereocenters. The number of fused-ring (bicyclic) bond motifs is 5. The van der Waals surface area contributed by atoms with Crippen LogP contribution in [0.15, 0.2) is 18.2 Å². The summed E-state index contributed by atoms with van der Waals surface area (Å²) >= 11 is 0. The largest absolute Gasteiger partial charge is 0.417 e. The number of alkyl halides is 3. The van der Waals surface area contributed by atoms with Gasteiger partial charge in [0.1, 0.15) is 4.75 Å². The second-order valence-corrected chi connectivity index (χ2v) is 12.7. The Morgan fingerprint density at radius 2 is 2.03 bits per heavy atom. The fourth-order valence-electron chi connectivity index (χ4n) is 5.67. The maximum absolute atomic E-state index is 13.8. The highest BCUT2D eigenvalue weighted by Gasteiger charge is 2.70. The number of sulfonamides is 2. The monoisotopic (exact) mass is 477 g/mol. The van der Waals surface area contributed by atoms with E-state index in [1.165, 1.54) is 19.1 Å². The van der Waals surface area contributed by atoms with Gasteiger partial charge in [-0.1, -0.05) is 0 Å². The SMILES string of the molecule is CCS(=O)(=O)NC[C@@]12[C@@H]3CC[C@@H](C3)[C@@H]1CN(c1ccc(C#N)c(C(F)(F)F)c1)S2(=O)=O. The van der Waals surface area contributed by atoms with E-state index in [0.29, 0.717) is 18.9 Å². The van der Waals surface area contributed by atoms with Crippen LogP contribution in [0, 0.1) is 29.1 Å². The molecule has 1 N–H and O–H groups in total. The zero-order chi connectivity index (χ0) is 22.8. The van der Waals surface area contributed by atoms with Crippen LogP contribution in [0.1, 0.15) is 37.3 Å². The lowest BCUT2D eigenvalue weighted by Gasteiger charge is -2.37. The number of nitrogens with zero attached hydrogens (tertiary/aromatic N) is 2. The molecule has 1 aromatic rings. The minimum Gasteiger partial charge on any atom is -0.269 e. The molecule has 170 valence electrons. The lowest BCUT2D eigenvalue weighted by molar-refractivity contribution is -0.137. The third kappa shape index (κ3) is 3.24. The fourth-order valence-corrected chi connectivity index (χ4v) is 9.12. The Labute approximate surface area is 179 Å². The van der Waals surface area contributed by atoms with Gasteiger partial charge in [-0.05, 0) is 56.2 Å². The summed E-state index contributed by atoms with van der Waals surface area (Å²) in [5.41, 5.74) is -1.93. The second kappa shape index (κ2) is 7.08. The summed E-state index contributed by atoms with van der Waals surface area (Å²) in [4.78, 5) is 0. The van der Waals surface area contributed by atoms with Crippen LogP contribution in [0.4, 0.5) is 18.9 Å². The Morgan fingerprint density at radius 1 is 1.32 bits per heavy atom. The summed E-state index contributed by atoms with van der Waals surface area (Å²) in [5.74, 6) is -0.745. The van der Waals surface area contributed by atoms with Crippen molar-refractivity contribution in [1.29, 1.82) is 5.26 Å². The highest BCUT2D eigenvalue weighted by atomic mass is 32.2. The number of anilines is 1. The number of rotatable bonds is 5. The summed E-state index contributed by atoms with van der Waals surface area (Å²) in [5, 5.41) is 9.01. The van der Waals surface area contributed by atoms with E-state index in [0.717, 1.165) is 16.8 Å². The first-order chi connectivity index (χ1) is 14.4. The number of benzene rings is 1. The molecule has 1 saturated heterocycles. The molecule has 0 aromatic heterocycles. The number of hydrogen-bond acceptors (Lipinski definition) is 5. The van der Waals surface area contributed by atoms with Crippen molar-refractivity contribution in [1.82, 2.24) is 4.72 Å². The Morgan fingerprint density at radius 3 is 2.65 bits per heavy atom. The minimum absolute atomic E-state index is 0.000546. The van der Waals surface area contributed by atoms with Crippen LogP contribution in [0.5, 0.6) is 0 Å². The molecule has 1 aromatic carbocycles. The summed E-state index contributed by atoms with van der Waals surface area (Å²) < 4.78 is 94.0. The molecule has 7 nitrogen and oxygen atoms in total. The van der Waals surface area contributed by atoms with Crippen LogP contribution in [0.2, 0.25) is 0 Å². The quantitative estimate of drug-likeness (QED) is 0.701. The van der Waals surface area contributed by atoms with Gasteiger partial charge in [0.2, 0.25) is 20.0 Å². The van der Waals surface area contributed by atoms with Crippen LogP contribution >= 0.6 is 0 Å². The average molecular weight is 478 g/mol. The first-order valence-electron chi connectivity index (χ1n) is 9.98. The highest BCUT2D eigenvalue weighted by Crippen LogP contribution is 2.62. The van der Waals surface area contributed by atoms with E-state index in [4.69, 9.17) is 5.26 Å². The molecule has 4 atom stereocenters. The second-order valence-electron chi connectivity index (χ2n) is 8.43.